The van der Waals surface area contributed by atoms with Crippen molar-refractivity contribution in [2.24, 2.45) is 0 Å². The van der Waals surface area contributed by atoms with Gasteiger partial charge in [-0.1, -0.05) is 37.3 Å². The molecule has 0 fully saturated rings. The van der Waals surface area contributed by atoms with Crippen LogP contribution in [0.5, 0.6) is 0 Å². The molecule has 0 aliphatic heterocycles. The summed E-state index contributed by atoms with van der Waals surface area (Å²) in [6.45, 7) is 1.50. The molecule has 1 rings (SSSR count). The van der Waals surface area contributed by atoms with E-state index < -0.39 is 20.7 Å². The van der Waals surface area contributed by atoms with Crippen molar-refractivity contribution < 1.29 is 13.5 Å². The van der Waals surface area contributed by atoms with Crippen molar-refractivity contribution in [1.29, 1.82) is 0 Å². The fourth-order valence-electron chi connectivity index (χ4n) is 1.16. The normalized spacial score (nSPS) is 15.9. The molecule has 0 spiro atoms. The largest absolute Gasteiger partial charge is 0.386 e. The summed E-state index contributed by atoms with van der Waals surface area (Å²) in [5.74, 6) is -0.0783. The molecule has 1 aromatic carbocycles. The van der Waals surface area contributed by atoms with Gasteiger partial charge in [-0.05, 0) is 5.56 Å². The number of hydrogen-bond acceptors (Lipinski definition) is 3. The Bertz CT molecular complexity index is 402. The van der Waals surface area contributed by atoms with E-state index in [1.807, 2.05) is 0 Å². The molecule has 0 aliphatic carbocycles. The van der Waals surface area contributed by atoms with Crippen molar-refractivity contribution in [3.63, 3.8) is 0 Å². The zero-order valence-corrected chi connectivity index (χ0v) is 9.87. The Morgan fingerprint density at radius 1 is 1.33 bits per heavy atom. The molecular weight excluding hydrogens is 236 g/mol. The summed E-state index contributed by atoms with van der Waals surface area (Å²) in [7, 11) is -3.43. The lowest BCUT2D eigenvalue weighted by Crippen LogP contribution is -2.24. The van der Waals surface area contributed by atoms with E-state index in [0.29, 0.717) is 5.56 Å². The van der Waals surface area contributed by atoms with Gasteiger partial charge in [-0.15, -0.1) is 11.6 Å². The highest BCUT2D eigenvalue weighted by Crippen LogP contribution is 2.25. The lowest BCUT2D eigenvalue weighted by Gasteiger charge is -2.16. The average molecular weight is 249 g/mol. The summed E-state index contributed by atoms with van der Waals surface area (Å²) in [4.78, 5) is 0. The first-order valence-corrected chi connectivity index (χ1v) is 6.73. The minimum absolute atomic E-state index is 0.0783. The highest BCUT2D eigenvalue weighted by molar-refractivity contribution is 7.93. The summed E-state index contributed by atoms with van der Waals surface area (Å²) in [5, 5.41) is 9.74. The maximum absolute atomic E-state index is 11.4. The number of sulfone groups is 1. The van der Waals surface area contributed by atoms with E-state index in [9.17, 15) is 13.5 Å². The van der Waals surface area contributed by atoms with Crippen LogP contribution in [0.2, 0.25) is 0 Å². The molecular formula is C10H13ClO3S. The van der Waals surface area contributed by atoms with Gasteiger partial charge < -0.3 is 5.11 Å². The van der Waals surface area contributed by atoms with Crippen molar-refractivity contribution in [3.05, 3.63) is 35.9 Å². The predicted octanol–water partition coefficient (Wildman–Crippen LogP) is 1.72. The Labute approximate surface area is 94.6 Å². The van der Waals surface area contributed by atoms with Gasteiger partial charge >= 0.3 is 0 Å². The maximum Gasteiger partial charge on any atom is 0.169 e. The van der Waals surface area contributed by atoms with Crippen LogP contribution in [-0.2, 0) is 9.84 Å². The number of aliphatic hydroxyl groups is 1. The van der Waals surface area contributed by atoms with Crippen LogP contribution in [0.1, 0.15) is 18.6 Å². The number of aliphatic hydroxyl groups excluding tert-OH is 1. The Hall–Kier alpha value is -0.580. The van der Waals surface area contributed by atoms with Crippen LogP contribution in [0.4, 0.5) is 0 Å². The Balaban J connectivity index is 2.92. The van der Waals surface area contributed by atoms with Crippen LogP contribution in [0, 0.1) is 0 Å². The lowest BCUT2D eigenvalue weighted by atomic mass is 10.1. The molecule has 0 bridgehead atoms. The van der Waals surface area contributed by atoms with Crippen LogP contribution in [0.25, 0.3) is 0 Å². The van der Waals surface area contributed by atoms with Crippen molar-refractivity contribution in [3.8, 4) is 0 Å². The molecule has 0 aliphatic rings. The molecule has 0 aromatic heterocycles. The second kappa shape index (κ2) is 4.96. The topological polar surface area (TPSA) is 54.4 Å². The average Bonchev–Trinajstić information content (AvgIpc) is 2.28. The Morgan fingerprint density at radius 3 is 2.33 bits per heavy atom. The molecule has 84 valence electrons. The quantitative estimate of drug-likeness (QED) is 0.826. The summed E-state index contributed by atoms with van der Waals surface area (Å²) in [5.41, 5.74) is 0.509. The van der Waals surface area contributed by atoms with Gasteiger partial charge in [-0.3, -0.25) is 0 Å². The van der Waals surface area contributed by atoms with Gasteiger partial charge in [0.2, 0.25) is 0 Å². The van der Waals surface area contributed by atoms with Crippen molar-refractivity contribution in [2.75, 3.05) is 5.75 Å². The van der Waals surface area contributed by atoms with E-state index >= 15 is 0 Å². The fraction of sp³-hybridized carbons (Fsp3) is 0.400. The number of rotatable bonds is 4. The number of benzene rings is 1. The van der Waals surface area contributed by atoms with Gasteiger partial charge in [0.25, 0.3) is 0 Å². The number of alkyl halides is 1. The van der Waals surface area contributed by atoms with Gasteiger partial charge in [0.1, 0.15) is 6.10 Å². The van der Waals surface area contributed by atoms with E-state index in [1.54, 1.807) is 30.3 Å². The summed E-state index contributed by atoms with van der Waals surface area (Å²) in [6.07, 6.45) is -1.18. The monoisotopic (exact) mass is 248 g/mol. The first kappa shape index (κ1) is 12.5. The third kappa shape index (κ3) is 2.93. The second-order valence-corrected chi connectivity index (χ2v) is 6.30. The Kier molecular flexibility index (Phi) is 4.13. The minimum atomic E-state index is -3.43. The van der Waals surface area contributed by atoms with Crippen molar-refractivity contribution >= 4 is 21.4 Å². The molecule has 0 heterocycles. The minimum Gasteiger partial charge on any atom is -0.386 e. The molecule has 2 atom stereocenters. The predicted molar refractivity (Wildman–Crippen MR) is 60.5 cm³/mol. The first-order chi connectivity index (χ1) is 6.99. The highest BCUT2D eigenvalue weighted by Gasteiger charge is 2.29. The van der Waals surface area contributed by atoms with Crippen LogP contribution in [-0.4, -0.2) is 24.0 Å². The SMILES string of the molecule is CCS(=O)(=O)[C@@H](Cl)[C@@H](O)c1ccccc1. The molecule has 0 unspecified atom stereocenters. The van der Waals surface area contributed by atoms with Gasteiger partial charge in [0, 0.05) is 5.75 Å². The van der Waals surface area contributed by atoms with E-state index in [2.05, 4.69) is 0 Å². The standard InChI is InChI=1S/C10H13ClO3S/c1-2-15(13,14)10(11)9(12)8-6-4-3-5-7-8/h3-7,9-10,12H,2H2,1H3/t9-,10+/m0/s1. The molecule has 0 amide bonds. The molecule has 3 nitrogen and oxygen atoms in total. The summed E-state index contributed by atoms with van der Waals surface area (Å²) in [6, 6.07) is 8.52. The van der Waals surface area contributed by atoms with Gasteiger partial charge in [0.05, 0.1) is 0 Å². The van der Waals surface area contributed by atoms with Gasteiger partial charge in [0.15, 0.2) is 14.5 Å². The maximum atomic E-state index is 11.4. The second-order valence-electron chi connectivity index (χ2n) is 3.16. The van der Waals surface area contributed by atoms with E-state index in [-0.39, 0.29) is 5.75 Å². The van der Waals surface area contributed by atoms with E-state index in [4.69, 9.17) is 11.6 Å². The molecule has 5 heteroatoms. The van der Waals surface area contributed by atoms with Crippen molar-refractivity contribution in [1.82, 2.24) is 0 Å². The third-order valence-electron chi connectivity index (χ3n) is 2.13. The van der Waals surface area contributed by atoms with Crippen LogP contribution < -0.4 is 0 Å². The zero-order chi connectivity index (χ0) is 11.5. The molecule has 15 heavy (non-hydrogen) atoms. The van der Waals surface area contributed by atoms with Gasteiger partial charge in [-0.2, -0.15) is 0 Å². The summed E-state index contributed by atoms with van der Waals surface area (Å²) < 4.78 is 21.6. The number of hydrogen-bond donors (Lipinski definition) is 1. The molecule has 1 N–H and O–H groups in total. The molecule has 0 saturated heterocycles. The van der Waals surface area contributed by atoms with E-state index in [0.717, 1.165) is 0 Å². The Morgan fingerprint density at radius 2 is 1.87 bits per heavy atom. The van der Waals surface area contributed by atoms with Crippen LogP contribution in [0.3, 0.4) is 0 Å². The molecule has 0 saturated carbocycles. The third-order valence-corrected chi connectivity index (χ3v) is 4.94. The highest BCUT2D eigenvalue weighted by atomic mass is 35.5. The van der Waals surface area contributed by atoms with Gasteiger partial charge in [-0.25, -0.2) is 8.42 Å². The number of halogens is 1. The summed E-state index contributed by atoms with van der Waals surface area (Å²) >= 11 is 5.72. The smallest absolute Gasteiger partial charge is 0.169 e. The van der Waals surface area contributed by atoms with Crippen LogP contribution >= 0.6 is 11.6 Å². The zero-order valence-electron chi connectivity index (χ0n) is 8.30. The van der Waals surface area contributed by atoms with E-state index in [1.165, 1.54) is 6.92 Å². The van der Waals surface area contributed by atoms with Crippen molar-refractivity contribution in [2.45, 2.75) is 17.7 Å². The first-order valence-electron chi connectivity index (χ1n) is 4.57. The molecule has 1 aromatic rings. The molecule has 0 radical (unpaired) electrons. The van der Waals surface area contributed by atoms with Crippen LogP contribution in [0.15, 0.2) is 30.3 Å². The fourth-order valence-corrected chi connectivity index (χ4v) is 2.55. The lowest BCUT2D eigenvalue weighted by molar-refractivity contribution is 0.191.